The quantitative estimate of drug-likeness (QED) is 0.908. The third-order valence-corrected chi connectivity index (χ3v) is 4.40. The van der Waals surface area contributed by atoms with Crippen LogP contribution in [0, 0.1) is 0 Å². The van der Waals surface area contributed by atoms with Crippen molar-refractivity contribution in [2.75, 3.05) is 6.61 Å². The lowest BCUT2D eigenvalue weighted by molar-refractivity contribution is -0.00409. The van der Waals surface area contributed by atoms with Crippen LogP contribution in [0.3, 0.4) is 0 Å². The van der Waals surface area contributed by atoms with Crippen molar-refractivity contribution in [1.29, 1.82) is 0 Å². The summed E-state index contributed by atoms with van der Waals surface area (Å²) in [6.07, 6.45) is 8.72. The van der Waals surface area contributed by atoms with Gasteiger partial charge in [-0.3, -0.25) is 0 Å². The molecule has 106 valence electrons. The van der Waals surface area contributed by atoms with E-state index in [0.29, 0.717) is 12.1 Å². The monoisotopic (exact) mass is 264 g/mol. The number of fused-ring (bicyclic) bond motifs is 1. The first kappa shape index (κ1) is 13.1. The highest BCUT2D eigenvalue weighted by Crippen LogP contribution is 2.24. The Balaban J connectivity index is 1.55. The smallest absolute Gasteiger partial charge is 0.140 e. The zero-order valence-corrected chi connectivity index (χ0v) is 11.8. The summed E-state index contributed by atoms with van der Waals surface area (Å²) in [4.78, 5) is 0. The van der Waals surface area contributed by atoms with Gasteiger partial charge in [0, 0.05) is 31.2 Å². The molecule has 0 spiro atoms. The lowest BCUT2D eigenvalue weighted by Gasteiger charge is -2.28. The summed E-state index contributed by atoms with van der Waals surface area (Å²) >= 11 is 0. The van der Waals surface area contributed by atoms with E-state index in [2.05, 4.69) is 17.4 Å². The Morgan fingerprint density at radius 2 is 2.16 bits per heavy atom. The van der Waals surface area contributed by atoms with Crippen molar-refractivity contribution in [2.45, 2.75) is 70.6 Å². The number of nitrogens with zero attached hydrogens (tertiary/aromatic N) is 1. The third kappa shape index (κ3) is 3.00. The predicted molar refractivity (Wildman–Crippen MR) is 73.0 cm³/mol. The maximum atomic E-state index is 5.82. The van der Waals surface area contributed by atoms with Gasteiger partial charge in [0.1, 0.15) is 11.5 Å². The zero-order valence-electron chi connectivity index (χ0n) is 11.8. The van der Waals surface area contributed by atoms with Crippen molar-refractivity contribution in [1.82, 2.24) is 10.5 Å². The lowest BCUT2D eigenvalue weighted by Crippen LogP contribution is -2.40. The van der Waals surface area contributed by atoms with Gasteiger partial charge in [0.2, 0.25) is 0 Å². The van der Waals surface area contributed by atoms with Gasteiger partial charge in [-0.15, -0.1) is 0 Å². The van der Waals surface area contributed by atoms with Crippen LogP contribution in [0.15, 0.2) is 4.52 Å². The molecular weight excluding hydrogens is 240 g/mol. The summed E-state index contributed by atoms with van der Waals surface area (Å²) < 4.78 is 11.3. The fourth-order valence-corrected chi connectivity index (χ4v) is 3.14. The van der Waals surface area contributed by atoms with E-state index in [4.69, 9.17) is 9.26 Å². The Morgan fingerprint density at radius 1 is 1.26 bits per heavy atom. The predicted octanol–water partition coefficient (Wildman–Crippen LogP) is 2.60. The minimum Gasteiger partial charge on any atom is -0.377 e. The Labute approximate surface area is 114 Å². The van der Waals surface area contributed by atoms with E-state index in [0.717, 1.165) is 37.4 Å². The van der Waals surface area contributed by atoms with Crippen molar-refractivity contribution in [3.8, 4) is 0 Å². The number of ether oxygens (including phenoxy) is 1. The van der Waals surface area contributed by atoms with Crippen LogP contribution in [0.4, 0.5) is 0 Å². The Morgan fingerprint density at radius 3 is 3.00 bits per heavy atom. The fourth-order valence-electron chi connectivity index (χ4n) is 3.14. The standard InChI is InChI=1S/C15H24N2O2/c1-11(14-7-4-5-9-18-14)16-10-13-12-6-2-3-8-15(12)19-17-13/h11,14,16H,2-10H2,1H3/t11-,14+/m0/s1. The van der Waals surface area contributed by atoms with E-state index in [1.54, 1.807) is 0 Å². The molecule has 3 rings (SSSR count). The first-order chi connectivity index (χ1) is 9.34. The molecule has 1 aromatic rings. The topological polar surface area (TPSA) is 47.3 Å². The molecule has 4 heteroatoms. The number of aryl methyl sites for hydroxylation is 1. The number of aromatic nitrogens is 1. The van der Waals surface area contributed by atoms with Gasteiger partial charge >= 0.3 is 0 Å². The molecule has 2 heterocycles. The first-order valence-corrected chi connectivity index (χ1v) is 7.66. The van der Waals surface area contributed by atoms with Crippen molar-refractivity contribution < 1.29 is 9.26 Å². The first-order valence-electron chi connectivity index (χ1n) is 7.66. The molecule has 0 bridgehead atoms. The largest absolute Gasteiger partial charge is 0.377 e. The van der Waals surface area contributed by atoms with Gasteiger partial charge in [0.25, 0.3) is 0 Å². The van der Waals surface area contributed by atoms with Crippen LogP contribution < -0.4 is 5.32 Å². The molecule has 0 aromatic carbocycles. The van der Waals surface area contributed by atoms with E-state index in [1.165, 1.54) is 37.7 Å². The van der Waals surface area contributed by atoms with Crippen LogP contribution in [0.2, 0.25) is 0 Å². The minimum absolute atomic E-state index is 0.358. The van der Waals surface area contributed by atoms with E-state index in [9.17, 15) is 0 Å². The van der Waals surface area contributed by atoms with E-state index >= 15 is 0 Å². The van der Waals surface area contributed by atoms with Crippen LogP contribution in [0.25, 0.3) is 0 Å². The molecule has 1 saturated heterocycles. The molecule has 2 atom stereocenters. The van der Waals surface area contributed by atoms with Crippen molar-refractivity contribution in [2.24, 2.45) is 0 Å². The summed E-state index contributed by atoms with van der Waals surface area (Å²) in [5.74, 6) is 1.12. The van der Waals surface area contributed by atoms with Crippen LogP contribution in [0.1, 0.15) is 56.0 Å². The molecule has 0 radical (unpaired) electrons. The molecule has 1 aromatic heterocycles. The second-order valence-corrected chi connectivity index (χ2v) is 5.81. The van der Waals surface area contributed by atoms with Gasteiger partial charge in [0.15, 0.2) is 0 Å². The number of hydrogen-bond acceptors (Lipinski definition) is 4. The molecule has 1 aliphatic carbocycles. The molecule has 1 N–H and O–H groups in total. The van der Waals surface area contributed by atoms with Crippen LogP contribution in [-0.4, -0.2) is 23.9 Å². The van der Waals surface area contributed by atoms with Gasteiger partial charge in [-0.1, -0.05) is 5.16 Å². The van der Waals surface area contributed by atoms with E-state index < -0.39 is 0 Å². The van der Waals surface area contributed by atoms with Crippen molar-refractivity contribution >= 4 is 0 Å². The van der Waals surface area contributed by atoms with Crippen LogP contribution >= 0.6 is 0 Å². The van der Waals surface area contributed by atoms with Crippen LogP contribution in [0.5, 0.6) is 0 Å². The average molecular weight is 264 g/mol. The van der Waals surface area contributed by atoms with E-state index in [-0.39, 0.29) is 0 Å². The van der Waals surface area contributed by atoms with E-state index in [1.807, 2.05) is 0 Å². The molecule has 1 fully saturated rings. The molecule has 4 nitrogen and oxygen atoms in total. The second-order valence-electron chi connectivity index (χ2n) is 5.81. The number of rotatable bonds is 4. The molecule has 0 saturated carbocycles. The summed E-state index contributed by atoms with van der Waals surface area (Å²) in [6, 6.07) is 0.385. The maximum Gasteiger partial charge on any atom is 0.140 e. The normalized spacial score (nSPS) is 25.0. The second kappa shape index (κ2) is 6.06. The Bertz CT molecular complexity index is 410. The Hall–Kier alpha value is -0.870. The van der Waals surface area contributed by atoms with Crippen molar-refractivity contribution in [3.63, 3.8) is 0 Å². The fraction of sp³-hybridized carbons (Fsp3) is 0.800. The summed E-state index contributed by atoms with van der Waals surface area (Å²) in [7, 11) is 0. The van der Waals surface area contributed by atoms with Gasteiger partial charge < -0.3 is 14.6 Å². The molecule has 2 aliphatic rings. The molecule has 1 aliphatic heterocycles. The SMILES string of the molecule is C[C@H](NCc1noc2c1CCCC2)[C@H]1CCCCO1. The summed E-state index contributed by atoms with van der Waals surface area (Å²) in [5, 5.41) is 7.79. The van der Waals surface area contributed by atoms with Gasteiger partial charge in [-0.05, 0) is 45.4 Å². The van der Waals surface area contributed by atoms with Crippen molar-refractivity contribution in [3.05, 3.63) is 17.0 Å². The van der Waals surface area contributed by atoms with Gasteiger partial charge in [0.05, 0.1) is 6.10 Å². The summed E-state index contributed by atoms with van der Waals surface area (Å²) in [5.41, 5.74) is 2.47. The molecule has 0 unspecified atom stereocenters. The van der Waals surface area contributed by atoms with Gasteiger partial charge in [-0.25, -0.2) is 0 Å². The molecule has 19 heavy (non-hydrogen) atoms. The Kier molecular flexibility index (Phi) is 4.18. The highest BCUT2D eigenvalue weighted by molar-refractivity contribution is 5.25. The average Bonchev–Trinajstić information content (AvgIpc) is 2.89. The maximum absolute atomic E-state index is 5.82. The van der Waals surface area contributed by atoms with Crippen LogP contribution in [-0.2, 0) is 24.1 Å². The number of hydrogen-bond donors (Lipinski definition) is 1. The minimum atomic E-state index is 0.358. The molecule has 0 amide bonds. The zero-order chi connectivity index (χ0) is 13.1. The highest BCUT2D eigenvalue weighted by atomic mass is 16.5. The summed E-state index contributed by atoms with van der Waals surface area (Å²) in [6.45, 7) is 3.93. The van der Waals surface area contributed by atoms with Gasteiger partial charge in [-0.2, -0.15) is 0 Å². The highest BCUT2D eigenvalue weighted by Gasteiger charge is 2.23. The number of nitrogens with one attached hydrogen (secondary N) is 1. The third-order valence-electron chi connectivity index (χ3n) is 4.40. The molecular formula is C15H24N2O2. The lowest BCUT2D eigenvalue weighted by atomic mass is 9.96.